The van der Waals surface area contributed by atoms with Crippen LogP contribution in [0.5, 0.6) is 0 Å². The van der Waals surface area contributed by atoms with Gasteiger partial charge in [0.25, 0.3) is 0 Å². The van der Waals surface area contributed by atoms with Crippen molar-refractivity contribution < 1.29 is 19.8 Å². The Morgan fingerprint density at radius 2 is 2.06 bits per heavy atom. The molecule has 0 saturated carbocycles. The quantitative estimate of drug-likeness (QED) is 0.749. The summed E-state index contributed by atoms with van der Waals surface area (Å²) in [6, 6.07) is 4.29. The number of nitrogens with zero attached hydrogens (tertiary/aromatic N) is 1. The van der Waals surface area contributed by atoms with Gasteiger partial charge in [0.2, 0.25) is 0 Å². The molecule has 0 unspecified atom stereocenters. The van der Waals surface area contributed by atoms with Crippen LogP contribution in [0.3, 0.4) is 0 Å². The third kappa shape index (κ3) is 3.46. The molecule has 1 aromatic carbocycles. The number of rotatable bonds is 4. The second-order valence-electron chi connectivity index (χ2n) is 3.93. The fraction of sp³-hybridized carbons (Fsp3) is 0.333. The number of likely N-dealkylation sites (N-methyl/N-ethyl adjacent to an activating group) is 1. The molecule has 3 N–H and O–H groups in total. The highest BCUT2D eigenvalue weighted by Crippen LogP contribution is 2.17. The Bertz CT molecular complexity index is 459. The minimum Gasteiger partial charge on any atom is -0.478 e. The minimum atomic E-state index is -1.10. The van der Waals surface area contributed by atoms with Gasteiger partial charge in [-0.2, -0.15) is 0 Å². The molecule has 0 aliphatic rings. The zero-order chi connectivity index (χ0) is 13.7. The standard InChI is InChI=1S/C12H16N2O4/c1-8-3-4-10(9(7-8)11(16)17)13-12(18)14(2)5-6-15/h3-4,7,15H,5-6H2,1-2H3,(H,13,18)(H,16,17). The monoisotopic (exact) mass is 252 g/mol. The van der Waals surface area contributed by atoms with E-state index < -0.39 is 12.0 Å². The highest BCUT2D eigenvalue weighted by molar-refractivity contribution is 6.00. The van der Waals surface area contributed by atoms with Crippen molar-refractivity contribution in [3.8, 4) is 0 Å². The maximum atomic E-state index is 11.7. The fourth-order valence-corrected chi connectivity index (χ4v) is 1.41. The van der Waals surface area contributed by atoms with E-state index in [1.54, 1.807) is 19.1 Å². The Morgan fingerprint density at radius 1 is 1.39 bits per heavy atom. The Kier molecular flexibility index (Phi) is 4.67. The van der Waals surface area contributed by atoms with Crippen LogP contribution in [0.1, 0.15) is 15.9 Å². The molecular formula is C12H16N2O4. The van der Waals surface area contributed by atoms with E-state index in [9.17, 15) is 9.59 Å². The van der Waals surface area contributed by atoms with E-state index >= 15 is 0 Å². The maximum Gasteiger partial charge on any atom is 0.337 e. The number of hydrogen-bond donors (Lipinski definition) is 3. The molecule has 2 amide bonds. The summed E-state index contributed by atoms with van der Waals surface area (Å²) >= 11 is 0. The van der Waals surface area contributed by atoms with Crippen LogP contribution in [0.25, 0.3) is 0 Å². The van der Waals surface area contributed by atoms with Gasteiger partial charge in [-0.15, -0.1) is 0 Å². The molecule has 18 heavy (non-hydrogen) atoms. The van der Waals surface area contributed by atoms with Crippen LogP contribution in [-0.2, 0) is 0 Å². The largest absolute Gasteiger partial charge is 0.478 e. The van der Waals surface area contributed by atoms with Crippen molar-refractivity contribution in [1.82, 2.24) is 4.90 Å². The van der Waals surface area contributed by atoms with Crippen molar-refractivity contribution in [2.45, 2.75) is 6.92 Å². The summed E-state index contributed by atoms with van der Waals surface area (Å²) in [5.41, 5.74) is 1.08. The van der Waals surface area contributed by atoms with E-state index in [1.165, 1.54) is 18.0 Å². The van der Waals surface area contributed by atoms with Gasteiger partial charge < -0.3 is 20.4 Å². The molecule has 1 aromatic rings. The number of anilines is 1. The summed E-state index contributed by atoms with van der Waals surface area (Å²) in [5, 5.41) is 20.3. The first kappa shape index (κ1) is 14.0. The number of aliphatic hydroxyl groups is 1. The highest BCUT2D eigenvalue weighted by Gasteiger charge is 2.14. The van der Waals surface area contributed by atoms with E-state index in [1.807, 2.05) is 0 Å². The lowest BCUT2D eigenvalue weighted by Crippen LogP contribution is -2.33. The molecule has 0 saturated heterocycles. The van der Waals surface area contributed by atoms with Gasteiger partial charge >= 0.3 is 12.0 Å². The summed E-state index contributed by atoms with van der Waals surface area (Å²) in [4.78, 5) is 24.0. The number of carboxylic acid groups (broad SMARTS) is 1. The summed E-state index contributed by atoms with van der Waals surface area (Å²) in [5.74, 6) is -1.10. The van der Waals surface area contributed by atoms with Crippen LogP contribution in [0.2, 0.25) is 0 Å². The van der Waals surface area contributed by atoms with Gasteiger partial charge in [0.05, 0.1) is 17.9 Å². The molecule has 0 spiro atoms. The van der Waals surface area contributed by atoms with Crippen molar-refractivity contribution >= 4 is 17.7 Å². The Hall–Kier alpha value is -2.08. The molecule has 0 atom stereocenters. The molecule has 98 valence electrons. The second kappa shape index (κ2) is 6.02. The number of nitrogens with one attached hydrogen (secondary N) is 1. The van der Waals surface area contributed by atoms with Crippen molar-refractivity contribution in [3.63, 3.8) is 0 Å². The molecule has 0 aromatic heterocycles. The molecule has 0 radical (unpaired) electrons. The number of amides is 2. The van der Waals surface area contributed by atoms with E-state index in [2.05, 4.69) is 5.32 Å². The first-order valence-electron chi connectivity index (χ1n) is 5.42. The first-order valence-corrected chi connectivity index (χ1v) is 5.42. The minimum absolute atomic E-state index is 0.0424. The molecule has 0 aliphatic carbocycles. The van der Waals surface area contributed by atoms with E-state index in [0.717, 1.165) is 5.56 Å². The summed E-state index contributed by atoms with van der Waals surface area (Å²) in [7, 11) is 1.51. The van der Waals surface area contributed by atoms with Crippen molar-refractivity contribution in [3.05, 3.63) is 29.3 Å². The number of hydrogen-bond acceptors (Lipinski definition) is 3. The topological polar surface area (TPSA) is 89.9 Å². The predicted octanol–water partition coefficient (Wildman–Crippen LogP) is 1.15. The van der Waals surface area contributed by atoms with E-state index in [4.69, 9.17) is 10.2 Å². The van der Waals surface area contributed by atoms with Crippen LogP contribution >= 0.6 is 0 Å². The smallest absolute Gasteiger partial charge is 0.337 e. The van der Waals surface area contributed by atoms with Gasteiger partial charge in [-0.25, -0.2) is 9.59 Å². The highest BCUT2D eigenvalue weighted by atomic mass is 16.4. The van der Waals surface area contributed by atoms with Crippen molar-refractivity contribution in [1.29, 1.82) is 0 Å². The van der Waals surface area contributed by atoms with Crippen molar-refractivity contribution in [2.24, 2.45) is 0 Å². The number of aliphatic hydroxyl groups excluding tert-OH is 1. The SMILES string of the molecule is Cc1ccc(NC(=O)N(C)CCO)c(C(=O)O)c1. The molecule has 6 nitrogen and oxygen atoms in total. The number of aryl methyl sites for hydroxylation is 1. The number of benzene rings is 1. The predicted molar refractivity (Wildman–Crippen MR) is 66.9 cm³/mol. The Morgan fingerprint density at radius 3 is 2.61 bits per heavy atom. The van der Waals surface area contributed by atoms with Gasteiger partial charge in [-0.3, -0.25) is 0 Å². The van der Waals surface area contributed by atoms with Gasteiger partial charge in [0, 0.05) is 13.6 Å². The molecule has 0 bridgehead atoms. The second-order valence-corrected chi connectivity index (χ2v) is 3.93. The average Bonchev–Trinajstić information content (AvgIpc) is 2.31. The van der Waals surface area contributed by atoms with Gasteiger partial charge in [-0.1, -0.05) is 11.6 Å². The van der Waals surface area contributed by atoms with Gasteiger partial charge in [-0.05, 0) is 19.1 Å². The van der Waals surface area contributed by atoms with E-state index in [0.29, 0.717) is 0 Å². The molecule has 6 heteroatoms. The first-order chi connectivity index (χ1) is 8.45. The van der Waals surface area contributed by atoms with E-state index in [-0.39, 0.29) is 24.4 Å². The number of urea groups is 1. The molecule has 0 fully saturated rings. The van der Waals surface area contributed by atoms with Crippen LogP contribution in [0.4, 0.5) is 10.5 Å². The van der Waals surface area contributed by atoms with Gasteiger partial charge in [0.1, 0.15) is 0 Å². The Labute approximate surface area is 105 Å². The lowest BCUT2D eigenvalue weighted by Gasteiger charge is -2.17. The number of carboxylic acids is 1. The molecular weight excluding hydrogens is 236 g/mol. The van der Waals surface area contributed by atoms with Crippen LogP contribution in [0, 0.1) is 6.92 Å². The number of aromatic carboxylic acids is 1. The van der Waals surface area contributed by atoms with Crippen LogP contribution in [-0.4, -0.2) is 47.3 Å². The summed E-state index contributed by atoms with van der Waals surface area (Å²) < 4.78 is 0. The van der Waals surface area contributed by atoms with Gasteiger partial charge in [0.15, 0.2) is 0 Å². The molecule has 0 aliphatic heterocycles. The lowest BCUT2D eigenvalue weighted by atomic mass is 10.1. The van der Waals surface area contributed by atoms with Crippen LogP contribution in [0.15, 0.2) is 18.2 Å². The molecule has 0 heterocycles. The fourth-order valence-electron chi connectivity index (χ4n) is 1.41. The zero-order valence-electron chi connectivity index (χ0n) is 10.3. The average molecular weight is 252 g/mol. The third-order valence-corrected chi connectivity index (χ3v) is 2.43. The number of carbonyl (C=O) groups excluding carboxylic acids is 1. The third-order valence-electron chi connectivity index (χ3n) is 2.43. The summed E-state index contributed by atoms with van der Waals surface area (Å²) in [6.07, 6.45) is 0. The number of carbonyl (C=O) groups is 2. The summed E-state index contributed by atoms with van der Waals surface area (Å²) in [6.45, 7) is 1.81. The Balaban J connectivity index is 2.90. The molecule has 1 rings (SSSR count). The maximum absolute atomic E-state index is 11.7. The lowest BCUT2D eigenvalue weighted by molar-refractivity contribution is 0.0698. The van der Waals surface area contributed by atoms with Crippen LogP contribution < -0.4 is 5.32 Å². The normalized spacial score (nSPS) is 9.94. The van der Waals surface area contributed by atoms with Crippen molar-refractivity contribution in [2.75, 3.05) is 25.5 Å². The zero-order valence-corrected chi connectivity index (χ0v) is 10.3.